The molecule has 2 aromatic heterocycles. The van der Waals surface area contributed by atoms with E-state index in [1.807, 2.05) is 12.1 Å². The van der Waals surface area contributed by atoms with Crippen LogP contribution in [0.1, 0.15) is 63.4 Å². The van der Waals surface area contributed by atoms with E-state index in [0.717, 1.165) is 69.1 Å². The quantitative estimate of drug-likeness (QED) is 0.263. The molecule has 248 valence electrons. The fourth-order valence-corrected chi connectivity index (χ4v) is 8.81. The Morgan fingerprint density at radius 1 is 1.06 bits per heavy atom. The number of hydrogen-bond acceptors (Lipinski definition) is 7. The fourth-order valence-electron chi connectivity index (χ4n) is 8.51. The number of amides is 1. The Hall–Kier alpha value is -3.57. The van der Waals surface area contributed by atoms with Crippen LogP contribution in [0.15, 0.2) is 24.4 Å². The lowest BCUT2D eigenvalue weighted by Crippen LogP contribution is -2.43. The van der Waals surface area contributed by atoms with Gasteiger partial charge in [-0.05, 0) is 81.5 Å². The molecular weight excluding hydrogens is 624 g/mol. The van der Waals surface area contributed by atoms with Gasteiger partial charge in [-0.25, -0.2) is 8.78 Å². The third-order valence-corrected chi connectivity index (χ3v) is 11.2. The number of halogens is 3. The zero-order chi connectivity index (χ0) is 32.1. The first kappa shape index (κ1) is 30.7. The Morgan fingerprint density at radius 2 is 1.96 bits per heavy atom. The number of aromatic amines is 1. The smallest absolute Gasteiger partial charge is 0.319 e. The minimum absolute atomic E-state index is 0.0530. The molecule has 5 aliphatic rings. The second-order valence-corrected chi connectivity index (χ2v) is 14.3. The summed E-state index contributed by atoms with van der Waals surface area (Å²) in [5.41, 5.74) is 2.39. The van der Waals surface area contributed by atoms with Crippen LogP contribution < -0.4 is 15.0 Å². The van der Waals surface area contributed by atoms with Crippen LogP contribution in [0, 0.1) is 11.7 Å². The van der Waals surface area contributed by atoms with Crippen molar-refractivity contribution < 1.29 is 18.3 Å². The molecule has 3 saturated heterocycles. The van der Waals surface area contributed by atoms with E-state index in [0.29, 0.717) is 77.6 Å². The third kappa shape index (κ3) is 5.69. The van der Waals surface area contributed by atoms with Crippen molar-refractivity contribution in [2.75, 3.05) is 44.2 Å². The Balaban J connectivity index is 1.27. The number of carbonyl (C=O) groups is 1. The molecule has 0 aliphatic carbocycles. The van der Waals surface area contributed by atoms with E-state index in [-0.39, 0.29) is 29.6 Å². The Morgan fingerprint density at radius 3 is 2.87 bits per heavy atom. The zero-order valence-electron chi connectivity index (χ0n) is 26.5. The van der Waals surface area contributed by atoms with E-state index in [1.165, 1.54) is 0 Å². The summed E-state index contributed by atoms with van der Waals surface area (Å²) in [5, 5.41) is 12.3. The Kier molecular flexibility index (Phi) is 8.16. The molecule has 5 aliphatic heterocycles. The molecule has 0 radical (unpaired) electrons. The van der Waals surface area contributed by atoms with Gasteiger partial charge < -0.3 is 15.0 Å². The van der Waals surface area contributed by atoms with Crippen LogP contribution in [-0.2, 0) is 11.2 Å². The second kappa shape index (κ2) is 12.5. The third-order valence-electron chi connectivity index (χ3n) is 10.8. The van der Waals surface area contributed by atoms with Crippen molar-refractivity contribution in [3.63, 3.8) is 0 Å². The first-order valence-electron chi connectivity index (χ1n) is 17.1. The number of benzene rings is 2. The minimum Gasteiger partial charge on any atom is -0.461 e. The van der Waals surface area contributed by atoms with Crippen LogP contribution >= 0.6 is 11.6 Å². The summed E-state index contributed by atoms with van der Waals surface area (Å²) in [6, 6.07) is 5.66. The molecule has 12 heteroatoms. The summed E-state index contributed by atoms with van der Waals surface area (Å²) < 4.78 is 38.0. The van der Waals surface area contributed by atoms with Gasteiger partial charge in [0, 0.05) is 65.9 Å². The van der Waals surface area contributed by atoms with Crippen molar-refractivity contribution in [2.24, 2.45) is 5.92 Å². The minimum atomic E-state index is -0.881. The normalized spacial score (nSPS) is 25.6. The van der Waals surface area contributed by atoms with Gasteiger partial charge in [-0.2, -0.15) is 15.1 Å². The van der Waals surface area contributed by atoms with Gasteiger partial charge in [0.1, 0.15) is 24.1 Å². The zero-order valence-corrected chi connectivity index (χ0v) is 27.2. The van der Waals surface area contributed by atoms with Crippen LogP contribution in [0.4, 0.5) is 14.6 Å². The van der Waals surface area contributed by atoms with Crippen molar-refractivity contribution >= 4 is 45.1 Å². The lowest BCUT2D eigenvalue weighted by atomic mass is 9.91. The fraction of sp³-hybridized carbons (Fsp3) is 0.543. The Labute approximate surface area is 277 Å². The lowest BCUT2D eigenvalue weighted by Gasteiger charge is -2.35. The molecule has 3 atom stereocenters. The van der Waals surface area contributed by atoms with Gasteiger partial charge in [-0.15, -0.1) is 0 Å². The molecule has 3 fully saturated rings. The van der Waals surface area contributed by atoms with Crippen LogP contribution in [0.25, 0.3) is 32.9 Å². The van der Waals surface area contributed by atoms with Crippen molar-refractivity contribution in [3.05, 3.63) is 40.8 Å². The number of rotatable bonds is 3. The van der Waals surface area contributed by atoms with E-state index < -0.39 is 12.0 Å². The number of hydrogen-bond donors (Lipinski definition) is 2. The molecule has 4 aromatic rings. The number of nitrogens with one attached hydrogen (secondary N) is 2. The summed E-state index contributed by atoms with van der Waals surface area (Å²) in [5.74, 6) is 0.579. The molecule has 9 rings (SSSR count). The van der Waals surface area contributed by atoms with Gasteiger partial charge in [0.05, 0.1) is 17.3 Å². The maximum absolute atomic E-state index is 17.1. The number of nitrogens with zero attached hydrogens (tertiary/aromatic N) is 5. The van der Waals surface area contributed by atoms with Crippen LogP contribution in [-0.4, -0.2) is 82.0 Å². The van der Waals surface area contributed by atoms with Gasteiger partial charge >= 0.3 is 6.01 Å². The number of aromatic nitrogens is 4. The largest absolute Gasteiger partial charge is 0.461 e. The summed E-state index contributed by atoms with van der Waals surface area (Å²) in [6.07, 6.45) is 8.40. The molecule has 0 saturated carbocycles. The van der Waals surface area contributed by atoms with Gasteiger partial charge in [-0.3, -0.25) is 14.8 Å². The topological polar surface area (TPSA) is 99.3 Å². The molecule has 9 nitrogen and oxygen atoms in total. The van der Waals surface area contributed by atoms with Gasteiger partial charge in [0.25, 0.3) is 0 Å². The van der Waals surface area contributed by atoms with Gasteiger partial charge in [0.15, 0.2) is 5.82 Å². The van der Waals surface area contributed by atoms with E-state index in [2.05, 4.69) is 25.3 Å². The SMILES string of the molecule is O=C1CCCCc2c(Cl)cc3[nH]ncc3c2-c2ccc3c(nc(OC[C@@]45CCCN4C[C@H](F)C5)nc3c2F)N2CCC[C@H](CCN1)C2. The highest BCUT2D eigenvalue weighted by molar-refractivity contribution is 6.33. The molecule has 47 heavy (non-hydrogen) atoms. The standard InChI is InChI=1S/C35H40ClF2N7O2/c36-27-15-28-26(17-40-43-28)30-23(27)6-1-2-7-29(46)39-12-10-21-5-3-13-44(18-21)33-25-9-8-24(30)31(38)32(25)41-34(42-33)47-20-35-11-4-14-45(35)19-22(37)16-35/h8-9,15,17,21-22H,1-7,10-14,16,18-20H2,(H,39,46)(H,40,43)/t21-,22-,35+/m1/s1. The number of piperidine rings is 1. The lowest BCUT2D eigenvalue weighted by molar-refractivity contribution is -0.121. The monoisotopic (exact) mass is 663 g/mol. The highest BCUT2D eigenvalue weighted by atomic mass is 35.5. The van der Waals surface area contributed by atoms with E-state index in [1.54, 1.807) is 12.3 Å². The van der Waals surface area contributed by atoms with Gasteiger partial charge in [-0.1, -0.05) is 17.7 Å². The van der Waals surface area contributed by atoms with Crippen molar-refractivity contribution in [3.8, 4) is 17.1 Å². The van der Waals surface area contributed by atoms with E-state index >= 15 is 4.39 Å². The molecule has 0 unspecified atom stereocenters. The predicted molar refractivity (Wildman–Crippen MR) is 178 cm³/mol. The molecule has 6 bridgehead atoms. The highest BCUT2D eigenvalue weighted by Gasteiger charge is 2.49. The average Bonchev–Trinajstić information content (AvgIpc) is 3.76. The second-order valence-electron chi connectivity index (χ2n) is 13.9. The number of ether oxygens (including phenoxy) is 1. The average molecular weight is 664 g/mol. The number of H-pyrrole nitrogens is 1. The number of anilines is 1. The molecule has 0 spiro atoms. The van der Waals surface area contributed by atoms with Crippen LogP contribution in [0.5, 0.6) is 6.01 Å². The number of carbonyl (C=O) groups excluding carboxylic acids is 1. The molecule has 2 N–H and O–H groups in total. The van der Waals surface area contributed by atoms with Crippen molar-refractivity contribution in [1.29, 1.82) is 0 Å². The Bertz CT molecular complexity index is 1840. The number of fused-ring (bicyclic) bond motifs is 10. The molecule has 1 amide bonds. The summed E-state index contributed by atoms with van der Waals surface area (Å²) in [4.78, 5) is 26.7. The van der Waals surface area contributed by atoms with Crippen LogP contribution in [0.2, 0.25) is 5.02 Å². The number of alkyl halides is 1. The first-order chi connectivity index (χ1) is 22.9. The molecular formula is C35H40ClF2N7O2. The van der Waals surface area contributed by atoms with Crippen LogP contribution in [0.3, 0.4) is 0 Å². The molecule has 7 heterocycles. The maximum Gasteiger partial charge on any atom is 0.319 e. The summed E-state index contributed by atoms with van der Waals surface area (Å²) in [7, 11) is 0. The summed E-state index contributed by atoms with van der Waals surface area (Å²) >= 11 is 6.86. The highest BCUT2D eigenvalue weighted by Crippen LogP contribution is 2.43. The van der Waals surface area contributed by atoms with Gasteiger partial charge in [0.2, 0.25) is 5.91 Å². The predicted octanol–water partition coefficient (Wildman–Crippen LogP) is 6.37. The van der Waals surface area contributed by atoms with E-state index in [4.69, 9.17) is 26.3 Å². The first-order valence-corrected chi connectivity index (χ1v) is 17.4. The van der Waals surface area contributed by atoms with Crippen molar-refractivity contribution in [2.45, 2.75) is 75.9 Å². The molecule has 2 aromatic carbocycles. The van der Waals surface area contributed by atoms with Crippen molar-refractivity contribution in [1.82, 2.24) is 30.4 Å². The maximum atomic E-state index is 17.1. The summed E-state index contributed by atoms with van der Waals surface area (Å²) in [6.45, 7) is 3.66. The van der Waals surface area contributed by atoms with E-state index in [9.17, 15) is 9.18 Å².